The van der Waals surface area contributed by atoms with E-state index in [2.05, 4.69) is 4.98 Å². The van der Waals surface area contributed by atoms with E-state index in [9.17, 15) is 18.0 Å². The Hall–Kier alpha value is -3.37. The van der Waals surface area contributed by atoms with Gasteiger partial charge in [-0.05, 0) is 30.7 Å². The first-order valence-corrected chi connectivity index (χ1v) is 10.4. The summed E-state index contributed by atoms with van der Waals surface area (Å²) in [5.41, 5.74) is 12.8. The maximum Gasteiger partial charge on any atom is 0.416 e. The number of alkyl halides is 3. The quantitative estimate of drug-likeness (QED) is 0.432. The van der Waals surface area contributed by atoms with Crippen LogP contribution in [0.5, 0.6) is 5.75 Å². The van der Waals surface area contributed by atoms with Crippen molar-refractivity contribution in [2.45, 2.75) is 25.7 Å². The fourth-order valence-corrected chi connectivity index (χ4v) is 4.39. The zero-order valence-electron chi connectivity index (χ0n) is 16.9. The van der Waals surface area contributed by atoms with Crippen LogP contribution in [0.15, 0.2) is 54.9 Å². The smallest absolute Gasteiger partial charge is 0.416 e. The molecular weight excluding hydrogens is 441 g/mol. The fourth-order valence-electron chi connectivity index (χ4n) is 3.46. The van der Waals surface area contributed by atoms with Gasteiger partial charge in [-0.1, -0.05) is 24.3 Å². The minimum atomic E-state index is -4.53. The average Bonchev–Trinajstić information content (AvgIpc) is 3.36. The highest BCUT2D eigenvalue weighted by atomic mass is 32.1. The highest BCUT2D eigenvalue weighted by Gasteiger charge is 2.35. The van der Waals surface area contributed by atoms with Crippen molar-refractivity contribution in [1.29, 1.82) is 0 Å². The standard InChI is InChI=1S/C22H19F3N4O2S/c1-12(14-4-2-3-5-15(14)22(23,24)25)31-18-9-19(32-20(18)21(27)30)29-11-28-16-7-6-13(10-26)8-17(16)29/h2-9,11-12H,10,26H2,1H3,(H2,27,30)/t12-/m1/s1. The first-order chi connectivity index (χ1) is 15.2. The molecule has 0 saturated heterocycles. The Morgan fingerprint density at radius 2 is 1.97 bits per heavy atom. The lowest BCUT2D eigenvalue weighted by molar-refractivity contribution is -0.138. The number of benzene rings is 2. The minimum Gasteiger partial charge on any atom is -0.484 e. The van der Waals surface area contributed by atoms with Crippen LogP contribution in [0.25, 0.3) is 16.0 Å². The number of nitrogens with two attached hydrogens (primary N) is 2. The van der Waals surface area contributed by atoms with E-state index in [1.807, 2.05) is 18.2 Å². The van der Waals surface area contributed by atoms with Crippen LogP contribution in [0.3, 0.4) is 0 Å². The number of hydrogen-bond acceptors (Lipinski definition) is 5. The SMILES string of the molecule is C[C@@H](Oc1cc(-n2cnc3ccc(CN)cc32)sc1C(N)=O)c1ccccc1C(F)(F)F. The van der Waals surface area contributed by atoms with Crippen LogP contribution >= 0.6 is 11.3 Å². The molecule has 1 atom stereocenters. The molecule has 1 amide bonds. The lowest BCUT2D eigenvalue weighted by atomic mass is 10.0. The molecule has 0 radical (unpaired) electrons. The van der Waals surface area contributed by atoms with Gasteiger partial charge in [0.2, 0.25) is 0 Å². The summed E-state index contributed by atoms with van der Waals surface area (Å²) in [6, 6.07) is 12.3. The summed E-state index contributed by atoms with van der Waals surface area (Å²) < 4.78 is 47.8. The van der Waals surface area contributed by atoms with Gasteiger partial charge in [0.05, 0.1) is 16.6 Å². The summed E-state index contributed by atoms with van der Waals surface area (Å²) >= 11 is 1.07. The van der Waals surface area contributed by atoms with Crippen LogP contribution in [0.4, 0.5) is 13.2 Å². The van der Waals surface area contributed by atoms with Crippen molar-refractivity contribution in [3.8, 4) is 10.8 Å². The number of hydrogen-bond donors (Lipinski definition) is 2. The molecule has 166 valence electrons. The van der Waals surface area contributed by atoms with Crippen LogP contribution in [0, 0.1) is 0 Å². The molecule has 2 aromatic carbocycles. The first-order valence-electron chi connectivity index (χ1n) is 9.62. The molecule has 0 spiro atoms. The lowest BCUT2D eigenvalue weighted by Crippen LogP contribution is -2.15. The van der Waals surface area contributed by atoms with Gasteiger partial charge in [0.1, 0.15) is 28.1 Å². The van der Waals surface area contributed by atoms with Gasteiger partial charge in [-0.2, -0.15) is 13.2 Å². The van der Waals surface area contributed by atoms with Crippen molar-refractivity contribution in [1.82, 2.24) is 9.55 Å². The number of amides is 1. The third-order valence-corrected chi connectivity index (χ3v) is 6.13. The molecule has 0 fully saturated rings. The van der Waals surface area contributed by atoms with Crippen LogP contribution in [0.1, 0.15) is 39.4 Å². The molecule has 0 aliphatic carbocycles. The number of nitrogens with zero attached hydrogens (tertiary/aromatic N) is 2. The highest BCUT2D eigenvalue weighted by Crippen LogP contribution is 2.39. The zero-order valence-corrected chi connectivity index (χ0v) is 17.7. The Kier molecular flexibility index (Phi) is 5.66. The molecule has 4 N–H and O–H groups in total. The van der Waals surface area contributed by atoms with Gasteiger partial charge >= 0.3 is 6.18 Å². The zero-order chi connectivity index (χ0) is 23.0. The first kappa shape index (κ1) is 21.8. The number of aromatic nitrogens is 2. The van der Waals surface area contributed by atoms with Crippen molar-refractivity contribution in [2.75, 3.05) is 0 Å². The van der Waals surface area contributed by atoms with Gasteiger partial charge in [-0.25, -0.2) is 4.98 Å². The van der Waals surface area contributed by atoms with E-state index in [1.165, 1.54) is 25.1 Å². The third-order valence-electron chi connectivity index (χ3n) is 5.00. The van der Waals surface area contributed by atoms with Gasteiger partial charge in [0.15, 0.2) is 0 Å². The number of ether oxygens (including phenoxy) is 1. The summed E-state index contributed by atoms with van der Waals surface area (Å²) in [7, 11) is 0. The van der Waals surface area contributed by atoms with Crippen LogP contribution in [-0.4, -0.2) is 15.5 Å². The summed E-state index contributed by atoms with van der Waals surface area (Å²) in [6.07, 6.45) is -3.92. The minimum absolute atomic E-state index is 0.0381. The van der Waals surface area contributed by atoms with Crippen molar-refractivity contribution in [3.63, 3.8) is 0 Å². The van der Waals surface area contributed by atoms with Crippen molar-refractivity contribution >= 4 is 28.3 Å². The molecule has 0 unspecified atom stereocenters. The van der Waals surface area contributed by atoms with Gasteiger partial charge in [0.25, 0.3) is 5.91 Å². The number of imidazole rings is 1. The van der Waals surface area contributed by atoms with E-state index in [4.69, 9.17) is 16.2 Å². The van der Waals surface area contributed by atoms with Crippen molar-refractivity contribution in [2.24, 2.45) is 11.5 Å². The number of fused-ring (bicyclic) bond motifs is 1. The Morgan fingerprint density at radius 3 is 2.66 bits per heavy atom. The average molecular weight is 460 g/mol. The van der Waals surface area contributed by atoms with Crippen molar-refractivity contribution in [3.05, 3.63) is 76.4 Å². The number of rotatable bonds is 6. The van der Waals surface area contributed by atoms with E-state index < -0.39 is 23.8 Å². The molecular formula is C22H19F3N4O2S. The number of halogens is 3. The molecule has 0 bridgehead atoms. The second-order valence-corrected chi connectivity index (χ2v) is 8.16. The molecule has 0 saturated carbocycles. The number of primary amides is 1. The largest absolute Gasteiger partial charge is 0.484 e. The second kappa shape index (κ2) is 8.29. The van der Waals surface area contributed by atoms with Gasteiger partial charge in [-0.3, -0.25) is 9.36 Å². The Balaban J connectivity index is 1.74. The molecule has 4 rings (SSSR count). The molecule has 32 heavy (non-hydrogen) atoms. The molecule has 4 aromatic rings. The maximum atomic E-state index is 13.4. The molecule has 2 heterocycles. The van der Waals surface area contributed by atoms with Crippen LogP contribution in [0.2, 0.25) is 0 Å². The highest BCUT2D eigenvalue weighted by molar-refractivity contribution is 7.16. The summed E-state index contributed by atoms with van der Waals surface area (Å²) in [6.45, 7) is 1.84. The summed E-state index contributed by atoms with van der Waals surface area (Å²) in [4.78, 5) is 16.5. The number of carbonyl (C=O) groups is 1. The van der Waals surface area contributed by atoms with E-state index in [0.29, 0.717) is 11.5 Å². The molecule has 0 aliphatic heterocycles. The third kappa shape index (κ3) is 4.06. The Morgan fingerprint density at radius 1 is 1.22 bits per heavy atom. The molecule has 6 nitrogen and oxygen atoms in total. The van der Waals surface area contributed by atoms with E-state index in [0.717, 1.165) is 34.0 Å². The summed E-state index contributed by atoms with van der Waals surface area (Å²) in [5.74, 6) is -0.626. The second-order valence-electron chi connectivity index (χ2n) is 7.13. The lowest BCUT2D eigenvalue weighted by Gasteiger charge is -2.19. The van der Waals surface area contributed by atoms with E-state index >= 15 is 0 Å². The fraction of sp³-hybridized carbons (Fsp3) is 0.182. The Bertz CT molecular complexity index is 1300. The summed E-state index contributed by atoms with van der Waals surface area (Å²) in [5, 5.41) is 0.585. The topological polar surface area (TPSA) is 96.2 Å². The predicted octanol–water partition coefficient (Wildman–Crippen LogP) is 4.80. The van der Waals surface area contributed by atoms with E-state index in [-0.39, 0.29) is 16.2 Å². The van der Waals surface area contributed by atoms with Gasteiger partial charge < -0.3 is 16.2 Å². The van der Waals surface area contributed by atoms with E-state index in [1.54, 1.807) is 17.0 Å². The maximum absolute atomic E-state index is 13.4. The number of thiophene rings is 1. The van der Waals surface area contributed by atoms with Crippen LogP contribution in [-0.2, 0) is 12.7 Å². The number of carbonyl (C=O) groups excluding carboxylic acids is 1. The van der Waals surface area contributed by atoms with Gasteiger partial charge in [-0.15, -0.1) is 11.3 Å². The predicted molar refractivity (Wildman–Crippen MR) is 116 cm³/mol. The normalized spacial score (nSPS) is 12.8. The van der Waals surface area contributed by atoms with Gasteiger partial charge in [0, 0.05) is 18.2 Å². The molecule has 10 heteroatoms. The Labute approximate surface area is 185 Å². The molecule has 0 aliphatic rings. The van der Waals surface area contributed by atoms with Crippen LogP contribution < -0.4 is 16.2 Å². The monoisotopic (exact) mass is 460 g/mol. The van der Waals surface area contributed by atoms with Crippen molar-refractivity contribution < 1.29 is 22.7 Å². The molecule has 2 aromatic heterocycles.